The summed E-state index contributed by atoms with van der Waals surface area (Å²) in [4.78, 5) is 20.4. The molecule has 0 radical (unpaired) electrons. The van der Waals surface area contributed by atoms with Crippen LogP contribution in [0.1, 0.15) is 51.2 Å². The minimum Gasteiger partial charge on any atom is -0.369 e. The van der Waals surface area contributed by atoms with Crippen LogP contribution in [0.3, 0.4) is 0 Å². The highest BCUT2D eigenvalue weighted by atomic mass is 32.1. The van der Waals surface area contributed by atoms with Crippen LogP contribution in [0, 0.1) is 5.41 Å². The fourth-order valence-electron chi connectivity index (χ4n) is 1.54. The predicted molar refractivity (Wildman–Crippen MR) is 92.0 cm³/mol. The van der Waals surface area contributed by atoms with Crippen LogP contribution in [-0.4, -0.2) is 29.9 Å². The fourth-order valence-corrected chi connectivity index (χ4v) is 2.42. The SMILES string of the molecule is CCNC(=NCc1nc(C(C)C)cs1)NCC(C)(C)C(N)=O. The maximum atomic E-state index is 11.4. The second-order valence-corrected chi connectivity index (χ2v) is 7.06. The number of aromatic nitrogens is 1. The van der Waals surface area contributed by atoms with Crippen molar-refractivity contribution in [2.45, 2.75) is 47.1 Å². The van der Waals surface area contributed by atoms with E-state index in [-0.39, 0.29) is 5.91 Å². The zero-order valence-corrected chi connectivity index (χ0v) is 14.9. The van der Waals surface area contributed by atoms with Crippen LogP contribution in [0.4, 0.5) is 0 Å². The van der Waals surface area contributed by atoms with Crippen molar-refractivity contribution in [1.29, 1.82) is 0 Å². The minimum atomic E-state index is -0.623. The highest BCUT2D eigenvalue weighted by Crippen LogP contribution is 2.18. The topological polar surface area (TPSA) is 92.4 Å². The molecule has 124 valence electrons. The van der Waals surface area contributed by atoms with Gasteiger partial charge >= 0.3 is 0 Å². The highest BCUT2D eigenvalue weighted by Gasteiger charge is 2.24. The number of thiazole rings is 1. The molecule has 0 unspecified atom stereocenters. The van der Waals surface area contributed by atoms with Gasteiger partial charge in [-0.05, 0) is 26.7 Å². The molecule has 0 spiro atoms. The number of nitrogens with two attached hydrogens (primary N) is 1. The van der Waals surface area contributed by atoms with E-state index in [1.807, 2.05) is 20.8 Å². The van der Waals surface area contributed by atoms with Crippen molar-refractivity contribution >= 4 is 23.2 Å². The molecular formula is C15H27N5OS. The summed E-state index contributed by atoms with van der Waals surface area (Å²) >= 11 is 1.62. The van der Waals surface area contributed by atoms with E-state index in [1.165, 1.54) is 0 Å². The number of aliphatic imine (C=N–C) groups is 1. The molecule has 0 aliphatic carbocycles. The summed E-state index contributed by atoms with van der Waals surface area (Å²) in [6.07, 6.45) is 0. The Kier molecular flexibility index (Phi) is 6.80. The smallest absolute Gasteiger partial charge is 0.224 e. The van der Waals surface area contributed by atoms with Gasteiger partial charge in [0.15, 0.2) is 5.96 Å². The Hall–Kier alpha value is -1.63. The zero-order chi connectivity index (χ0) is 16.8. The van der Waals surface area contributed by atoms with Crippen LogP contribution in [0.5, 0.6) is 0 Å². The number of guanidine groups is 1. The maximum absolute atomic E-state index is 11.4. The van der Waals surface area contributed by atoms with Gasteiger partial charge in [0.05, 0.1) is 17.7 Å². The number of carbonyl (C=O) groups is 1. The van der Waals surface area contributed by atoms with Gasteiger partial charge in [-0.2, -0.15) is 0 Å². The first-order valence-corrected chi connectivity index (χ1v) is 8.40. The van der Waals surface area contributed by atoms with Crippen LogP contribution >= 0.6 is 11.3 Å². The summed E-state index contributed by atoms with van der Waals surface area (Å²) in [6, 6.07) is 0. The summed E-state index contributed by atoms with van der Waals surface area (Å²) in [5, 5.41) is 9.37. The molecule has 0 saturated carbocycles. The van der Waals surface area contributed by atoms with Crippen LogP contribution in [0.15, 0.2) is 10.4 Å². The summed E-state index contributed by atoms with van der Waals surface area (Å²) in [5.41, 5.74) is 5.86. The monoisotopic (exact) mass is 325 g/mol. The van der Waals surface area contributed by atoms with Gasteiger partial charge in [-0.15, -0.1) is 11.3 Å². The Labute approximate surface area is 136 Å². The van der Waals surface area contributed by atoms with Gasteiger partial charge in [0.25, 0.3) is 0 Å². The zero-order valence-electron chi connectivity index (χ0n) is 14.1. The lowest BCUT2D eigenvalue weighted by atomic mass is 9.93. The third-order valence-corrected chi connectivity index (χ3v) is 4.09. The van der Waals surface area contributed by atoms with Gasteiger partial charge in [0.1, 0.15) is 5.01 Å². The minimum absolute atomic E-state index is 0.336. The van der Waals surface area contributed by atoms with Gasteiger partial charge in [-0.3, -0.25) is 4.79 Å². The summed E-state index contributed by atoms with van der Waals surface area (Å²) in [7, 11) is 0. The molecule has 22 heavy (non-hydrogen) atoms. The molecule has 0 fully saturated rings. The van der Waals surface area contributed by atoms with E-state index in [2.05, 4.69) is 39.8 Å². The van der Waals surface area contributed by atoms with Gasteiger partial charge in [0.2, 0.25) is 5.91 Å². The van der Waals surface area contributed by atoms with Crippen LogP contribution in [-0.2, 0) is 11.3 Å². The Morgan fingerprint density at radius 3 is 2.64 bits per heavy atom. The van der Waals surface area contributed by atoms with E-state index >= 15 is 0 Å². The summed E-state index contributed by atoms with van der Waals surface area (Å²) in [6.45, 7) is 11.6. The molecule has 4 N–H and O–H groups in total. The number of rotatable bonds is 7. The molecule has 1 heterocycles. The molecule has 1 amide bonds. The van der Waals surface area contributed by atoms with E-state index < -0.39 is 5.41 Å². The van der Waals surface area contributed by atoms with Gasteiger partial charge in [-0.1, -0.05) is 13.8 Å². The van der Waals surface area contributed by atoms with Crippen molar-refractivity contribution in [3.05, 3.63) is 16.1 Å². The molecule has 1 aromatic rings. The number of amides is 1. The number of nitrogens with one attached hydrogen (secondary N) is 2. The van der Waals surface area contributed by atoms with Gasteiger partial charge < -0.3 is 16.4 Å². The Morgan fingerprint density at radius 1 is 1.45 bits per heavy atom. The number of hydrogen-bond donors (Lipinski definition) is 3. The lowest BCUT2D eigenvalue weighted by molar-refractivity contribution is -0.125. The molecule has 6 nitrogen and oxygen atoms in total. The molecule has 1 rings (SSSR count). The Balaban J connectivity index is 2.67. The average molecular weight is 325 g/mol. The predicted octanol–water partition coefficient (Wildman–Crippen LogP) is 1.83. The number of hydrogen-bond acceptors (Lipinski definition) is 4. The Bertz CT molecular complexity index is 522. The number of nitrogens with zero attached hydrogens (tertiary/aromatic N) is 2. The highest BCUT2D eigenvalue weighted by molar-refractivity contribution is 7.09. The molecule has 0 atom stereocenters. The first-order valence-electron chi connectivity index (χ1n) is 7.52. The van der Waals surface area contributed by atoms with Crippen LogP contribution in [0.25, 0.3) is 0 Å². The van der Waals surface area contributed by atoms with Crippen molar-refractivity contribution < 1.29 is 4.79 Å². The summed E-state index contributed by atoms with van der Waals surface area (Å²) < 4.78 is 0. The molecule has 0 bridgehead atoms. The van der Waals surface area contributed by atoms with Crippen LogP contribution in [0.2, 0.25) is 0 Å². The first-order chi connectivity index (χ1) is 10.3. The van der Waals surface area contributed by atoms with Crippen molar-refractivity contribution in [3.8, 4) is 0 Å². The third-order valence-electron chi connectivity index (χ3n) is 3.24. The van der Waals surface area contributed by atoms with Gasteiger partial charge in [0, 0.05) is 18.5 Å². The van der Waals surface area contributed by atoms with E-state index in [0.29, 0.717) is 25.0 Å². The normalized spacial score (nSPS) is 12.5. The molecular weight excluding hydrogens is 298 g/mol. The van der Waals surface area contributed by atoms with Crippen molar-refractivity contribution in [2.24, 2.45) is 16.1 Å². The van der Waals surface area contributed by atoms with Crippen molar-refractivity contribution in [1.82, 2.24) is 15.6 Å². The molecule has 0 aliphatic rings. The Morgan fingerprint density at radius 2 is 2.14 bits per heavy atom. The quantitative estimate of drug-likeness (QED) is 0.527. The molecule has 1 aromatic heterocycles. The first kappa shape index (κ1) is 18.4. The maximum Gasteiger partial charge on any atom is 0.224 e. The molecule has 0 aliphatic heterocycles. The molecule has 0 aromatic carbocycles. The standard InChI is InChI=1S/C15H27N5OS/c1-6-17-14(19-9-15(4,5)13(16)21)18-7-12-20-11(8-22-12)10(2)3/h8,10H,6-7,9H2,1-5H3,(H2,16,21)(H2,17,18,19). The summed E-state index contributed by atoms with van der Waals surface area (Å²) in [5.74, 6) is 0.757. The van der Waals surface area contributed by atoms with Crippen LogP contribution < -0.4 is 16.4 Å². The van der Waals surface area contributed by atoms with Gasteiger partial charge in [-0.25, -0.2) is 9.98 Å². The van der Waals surface area contributed by atoms with E-state index in [4.69, 9.17) is 5.73 Å². The third kappa shape index (κ3) is 5.63. The number of primary amides is 1. The number of carbonyl (C=O) groups excluding carboxylic acids is 1. The van der Waals surface area contributed by atoms with E-state index in [1.54, 1.807) is 11.3 Å². The largest absolute Gasteiger partial charge is 0.369 e. The second-order valence-electron chi connectivity index (χ2n) is 6.12. The van der Waals surface area contributed by atoms with E-state index in [0.717, 1.165) is 17.2 Å². The second kappa shape index (κ2) is 8.12. The lowest BCUT2D eigenvalue weighted by Crippen LogP contribution is -2.46. The molecule has 7 heteroatoms. The average Bonchev–Trinajstić information content (AvgIpc) is 2.91. The van der Waals surface area contributed by atoms with Crippen molar-refractivity contribution in [3.63, 3.8) is 0 Å². The fraction of sp³-hybridized carbons (Fsp3) is 0.667. The lowest BCUT2D eigenvalue weighted by Gasteiger charge is -2.22. The van der Waals surface area contributed by atoms with E-state index in [9.17, 15) is 4.79 Å². The molecule has 0 saturated heterocycles. The van der Waals surface area contributed by atoms with Crippen molar-refractivity contribution in [2.75, 3.05) is 13.1 Å².